The van der Waals surface area contributed by atoms with Crippen molar-refractivity contribution in [3.63, 3.8) is 0 Å². The SMILES string of the molecule is CCc1cccc(CO)c1C. The van der Waals surface area contributed by atoms with Crippen LogP contribution in [0.1, 0.15) is 23.6 Å². The maximum absolute atomic E-state index is 8.94. The normalized spacial score (nSPS) is 10.1. The van der Waals surface area contributed by atoms with Gasteiger partial charge in [-0.25, -0.2) is 0 Å². The first-order chi connectivity index (χ1) is 5.29. The minimum absolute atomic E-state index is 0.152. The average Bonchev–Trinajstić information content (AvgIpc) is 2.05. The van der Waals surface area contributed by atoms with Crippen LogP contribution in [-0.2, 0) is 13.0 Å². The van der Waals surface area contributed by atoms with Crippen LogP contribution in [0.2, 0.25) is 0 Å². The molecule has 1 rings (SSSR count). The molecule has 0 aliphatic heterocycles. The van der Waals surface area contributed by atoms with E-state index >= 15 is 0 Å². The largest absolute Gasteiger partial charge is 0.392 e. The molecule has 1 heteroatoms. The molecule has 1 nitrogen and oxygen atoms in total. The average molecular weight is 150 g/mol. The smallest absolute Gasteiger partial charge is 0.0684 e. The summed E-state index contributed by atoms with van der Waals surface area (Å²) in [6, 6.07) is 6.07. The van der Waals surface area contributed by atoms with Crippen LogP contribution in [-0.4, -0.2) is 5.11 Å². The minimum Gasteiger partial charge on any atom is -0.392 e. The highest BCUT2D eigenvalue weighted by Crippen LogP contribution is 2.13. The molecule has 1 aromatic rings. The number of aliphatic hydroxyl groups is 1. The summed E-state index contributed by atoms with van der Waals surface area (Å²) in [5, 5.41) is 8.94. The molecule has 11 heavy (non-hydrogen) atoms. The molecule has 0 amide bonds. The van der Waals surface area contributed by atoms with Crippen molar-refractivity contribution < 1.29 is 5.11 Å². The number of rotatable bonds is 2. The van der Waals surface area contributed by atoms with Gasteiger partial charge in [-0.3, -0.25) is 0 Å². The molecular weight excluding hydrogens is 136 g/mol. The van der Waals surface area contributed by atoms with Gasteiger partial charge in [0.15, 0.2) is 0 Å². The van der Waals surface area contributed by atoms with E-state index < -0.39 is 0 Å². The van der Waals surface area contributed by atoms with Crippen molar-refractivity contribution in [1.82, 2.24) is 0 Å². The predicted octanol–water partition coefficient (Wildman–Crippen LogP) is 2.05. The molecule has 0 fully saturated rings. The van der Waals surface area contributed by atoms with Gasteiger partial charge in [-0.2, -0.15) is 0 Å². The fraction of sp³-hybridized carbons (Fsp3) is 0.400. The lowest BCUT2D eigenvalue weighted by Crippen LogP contribution is -1.93. The van der Waals surface area contributed by atoms with E-state index in [0.29, 0.717) is 0 Å². The van der Waals surface area contributed by atoms with Crippen molar-refractivity contribution in [2.75, 3.05) is 0 Å². The molecule has 0 saturated heterocycles. The zero-order chi connectivity index (χ0) is 8.27. The first kappa shape index (κ1) is 8.28. The fourth-order valence-electron chi connectivity index (χ4n) is 1.29. The van der Waals surface area contributed by atoms with Crippen LogP contribution < -0.4 is 0 Å². The van der Waals surface area contributed by atoms with Crippen molar-refractivity contribution in [3.05, 3.63) is 34.9 Å². The lowest BCUT2D eigenvalue weighted by atomic mass is 10.0. The highest BCUT2D eigenvalue weighted by molar-refractivity contribution is 5.33. The van der Waals surface area contributed by atoms with E-state index in [0.717, 1.165) is 12.0 Å². The van der Waals surface area contributed by atoms with Crippen molar-refractivity contribution in [3.8, 4) is 0 Å². The summed E-state index contributed by atoms with van der Waals surface area (Å²) in [4.78, 5) is 0. The maximum Gasteiger partial charge on any atom is 0.0684 e. The van der Waals surface area contributed by atoms with Gasteiger partial charge in [0.05, 0.1) is 6.61 Å². The van der Waals surface area contributed by atoms with Crippen LogP contribution in [0.15, 0.2) is 18.2 Å². The predicted molar refractivity (Wildman–Crippen MR) is 46.5 cm³/mol. The number of hydrogen-bond donors (Lipinski definition) is 1. The fourth-order valence-corrected chi connectivity index (χ4v) is 1.29. The van der Waals surface area contributed by atoms with Gasteiger partial charge in [-0.1, -0.05) is 25.1 Å². The van der Waals surface area contributed by atoms with Crippen LogP contribution in [0.3, 0.4) is 0 Å². The van der Waals surface area contributed by atoms with Crippen molar-refractivity contribution in [1.29, 1.82) is 0 Å². The Morgan fingerprint density at radius 3 is 2.45 bits per heavy atom. The van der Waals surface area contributed by atoms with Crippen LogP contribution in [0.25, 0.3) is 0 Å². The third kappa shape index (κ3) is 1.60. The molecule has 60 valence electrons. The summed E-state index contributed by atoms with van der Waals surface area (Å²) >= 11 is 0. The van der Waals surface area contributed by atoms with Crippen LogP contribution in [0.4, 0.5) is 0 Å². The molecule has 0 saturated carbocycles. The second-order valence-corrected chi connectivity index (χ2v) is 2.71. The Balaban J connectivity index is 3.10. The third-order valence-electron chi connectivity index (χ3n) is 2.11. The van der Waals surface area contributed by atoms with Crippen molar-refractivity contribution in [2.45, 2.75) is 26.9 Å². The van der Waals surface area contributed by atoms with Gasteiger partial charge < -0.3 is 5.11 Å². The summed E-state index contributed by atoms with van der Waals surface area (Å²) in [7, 11) is 0. The quantitative estimate of drug-likeness (QED) is 0.684. The lowest BCUT2D eigenvalue weighted by Gasteiger charge is -2.06. The highest BCUT2D eigenvalue weighted by atomic mass is 16.3. The second-order valence-electron chi connectivity index (χ2n) is 2.71. The summed E-state index contributed by atoms with van der Waals surface area (Å²) in [6.07, 6.45) is 1.04. The van der Waals surface area contributed by atoms with Crippen molar-refractivity contribution >= 4 is 0 Å². The summed E-state index contributed by atoms with van der Waals surface area (Å²) < 4.78 is 0. The van der Waals surface area contributed by atoms with Gasteiger partial charge in [0, 0.05) is 0 Å². The number of aliphatic hydroxyl groups excluding tert-OH is 1. The van der Waals surface area contributed by atoms with E-state index in [-0.39, 0.29) is 6.61 Å². The zero-order valence-electron chi connectivity index (χ0n) is 7.09. The Labute approximate surface area is 67.7 Å². The van der Waals surface area contributed by atoms with Gasteiger partial charge in [0.25, 0.3) is 0 Å². The lowest BCUT2D eigenvalue weighted by molar-refractivity contribution is 0.281. The topological polar surface area (TPSA) is 20.2 Å². The summed E-state index contributed by atoms with van der Waals surface area (Å²) in [5.41, 5.74) is 3.61. The molecule has 0 aromatic heterocycles. The van der Waals surface area contributed by atoms with Gasteiger partial charge in [-0.15, -0.1) is 0 Å². The minimum atomic E-state index is 0.152. The van der Waals surface area contributed by atoms with E-state index in [2.05, 4.69) is 19.9 Å². The number of aryl methyl sites for hydroxylation is 1. The molecule has 0 atom stereocenters. The Morgan fingerprint density at radius 1 is 1.27 bits per heavy atom. The Kier molecular flexibility index (Phi) is 2.66. The van der Waals surface area contributed by atoms with E-state index in [4.69, 9.17) is 5.11 Å². The molecule has 0 bridgehead atoms. The van der Waals surface area contributed by atoms with Gasteiger partial charge in [0.2, 0.25) is 0 Å². The van der Waals surface area contributed by atoms with E-state index in [9.17, 15) is 0 Å². The van der Waals surface area contributed by atoms with Crippen LogP contribution in [0.5, 0.6) is 0 Å². The molecule has 0 aliphatic carbocycles. The molecule has 0 unspecified atom stereocenters. The van der Waals surface area contributed by atoms with E-state index in [1.54, 1.807) is 0 Å². The van der Waals surface area contributed by atoms with Gasteiger partial charge in [0.1, 0.15) is 0 Å². The molecular formula is C10H14O. The Bertz CT molecular complexity index is 218. The monoisotopic (exact) mass is 150 g/mol. The third-order valence-corrected chi connectivity index (χ3v) is 2.11. The maximum atomic E-state index is 8.94. The van der Waals surface area contributed by atoms with Crippen molar-refractivity contribution in [2.24, 2.45) is 0 Å². The summed E-state index contributed by atoms with van der Waals surface area (Å²) in [5.74, 6) is 0. The van der Waals surface area contributed by atoms with Gasteiger partial charge >= 0.3 is 0 Å². The van der Waals surface area contributed by atoms with E-state index in [1.807, 2.05) is 12.1 Å². The Morgan fingerprint density at radius 2 is 1.91 bits per heavy atom. The first-order valence-electron chi connectivity index (χ1n) is 3.97. The zero-order valence-corrected chi connectivity index (χ0v) is 7.09. The molecule has 0 aliphatic rings. The molecule has 0 radical (unpaired) electrons. The van der Waals surface area contributed by atoms with E-state index in [1.165, 1.54) is 11.1 Å². The van der Waals surface area contributed by atoms with Crippen LogP contribution >= 0.6 is 0 Å². The summed E-state index contributed by atoms with van der Waals surface area (Å²) in [6.45, 7) is 4.34. The van der Waals surface area contributed by atoms with Crippen LogP contribution in [0, 0.1) is 6.92 Å². The molecule has 0 heterocycles. The highest BCUT2D eigenvalue weighted by Gasteiger charge is 1.99. The first-order valence-corrected chi connectivity index (χ1v) is 3.97. The number of benzene rings is 1. The molecule has 0 spiro atoms. The van der Waals surface area contributed by atoms with Gasteiger partial charge in [-0.05, 0) is 30.0 Å². The molecule has 1 N–H and O–H groups in total. The number of hydrogen-bond acceptors (Lipinski definition) is 1. The second kappa shape index (κ2) is 3.54. The standard InChI is InChI=1S/C10H14O/c1-3-9-5-4-6-10(7-11)8(9)2/h4-6,11H,3,7H2,1-2H3. The molecule has 1 aromatic carbocycles. The Hall–Kier alpha value is -0.820.